The molecule has 24 heavy (non-hydrogen) atoms. The van der Waals surface area contributed by atoms with E-state index in [0.717, 1.165) is 51.5 Å². The van der Waals surface area contributed by atoms with Crippen LogP contribution in [0.15, 0.2) is 60.7 Å². The van der Waals surface area contributed by atoms with Crippen LogP contribution in [0.5, 0.6) is 0 Å². The molecule has 0 aromatic heterocycles. The molecule has 0 amide bonds. The second-order valence-corrected chi connectivity index (χ2v) is 7.53. The number of rotatable bonds is 12. The molecule has 0 heterocycles. The summed E-state index contributed by atoms with van der Waals surface area (Å²) in [6.45, 7) is 3.77. The van der Waals surface area contributed by atoms with Crippen LogP contribution in [0.4, 0.5) is 0 Å². The Balaban J connectivity index is 1.58. The first-order valence-electron chi connectivity index (χ1n) is 8.99. The van der Waals surface area contributed by atoms with Crippen LogP contribution >= 0.6 is 8.38 Å². The van der Waals surface area contributed by atoms with Crippen molar-refractivity contribution in [1.29, 1.82) is 0 Å². The zero-order valence-corrected chi connectivity index (χ0v) is 15.6. The van der Waals surface area contributed by atoms with Gasteiger partial charge in [0.15, 0.2) is 8.38 Å². The summed E-state index contributed by atoms with van der Waals surface area (Å²) in [5.41, 5.74) is 2.76. The van der Waals surface area contributed by atoms with Gasteiger partial charge in [-0.25, -0.2) is 0 Å². The SMILES string of the molecule is CCCP(OCCCc1ccccc1)OCCCc1ccccc1. The number of aryl methyl sites for hydroxylation is 2. The lowest BCUT2D eigenvalue weighted by molar-refractivity contribution is 0.244. The number of hydrogen-bond acceptors (Lipinski definition) is 2. The Kier molecular flexibility index (Phi) is 9.72. The first-order valence-corrected chi connectivity index (χ1v) is 10.4. The molecule has 0 fully saturated rings. The van der Waals surface area contributed by atoms with Gasteiger partial charge in [-0.2, -0.15) is 0 Å². The minimum Gasteiger partial charge on any atom is -0.334 e. The highest BCUT2D eigenvalue weighted by atomic mass is 31.2. The van der Waals surface area contributed by atoms with E-state index >= 15 is 0 Å². The molecular weight excluding hydrogens is 315 g/mol. The van der Waals surface area contributed by atoms with Gasteiger partial charge in [0.25, 0.3) is 0 Å². The van der Waals surface area contributed by atoms with E-state index < -0.39 is 8.38 Å². The summed E-state index contributed by atoms with van der Waals surface area (Å²) < 4.78 is 12.0. The third kappa shape index (κ3) is 8.06. The fraction of sp³-hybridized carbons (Fsp3) is 0.429. The van der Waals surface area contributed by atoms with Crippen molar-refractivity contribution in [3.63, 3.8) is 0 Å². The maximum atomic E-state index is 6.00. The third-order valence-corrected chi connectivity index (χ3v) is 5.54. The molecule has 0 radical (unpaired) electrons. The zero-order valence-electron chi connectivity index (χ0n) is 14.7. The molecule has 2 rings (SSSR count). The predicted octanol–water partition coefficient (Wildman–Crippen LogP) is 6.01. The molecule has 0 unspecified atom stereocenters. The van der Waals surface area contributed by atoms with E-state index in [1.54, 1.807) is 0 Å². The summed E-state index contributed by atoms with van der Waals surface area (Å²) in [6.07, 6.45) is 6.41. The molecule has 0 aliphatic rings. The average Bonchev–Trinajstić information content (AvgIpc) is 2.64. The molecular formula is C21H29O2P. The standard InChI is InChI=1S/C21H29O2P/c1-2-19-24(22-17-9-15-20-11-5-3-6-12-20)23-18-10-16-21-13-7-4-8-14-21/h3-8,11-14H,2,9-10,15-19H2,1H3. The molecule has 0 saturated heterocycles. The largest absolute Gasteiger partial charge is 0.334 e. The van der Waals surface area contributed by atoms with Crippen molar-refractivity contribution in [1.82, 2.24) is 0 Å². The van der Waals surface area contributed by atoms with Crippen molar-refractivity contribution in [3.05, 3.63) is 71.8 Å². The minimum atomic E-state index is -0.722. The fourth-order valence-corrected chi connectivity index (χ4v) is 3.89. The van der Waals surface area contributed by atoms with Crippen molar-refractivity contribution in [3.8, 4) is 0 Å². The second-order valence-electron chi connectivity index (χ2n) is 5.90. The fourth-order valence-electron chi connectivity index (χ4n) is 2.52. The molecule has 130 valence electrons. The van der Waals surface area contributed by atoms with Gasteiger partial charge in [0.2, 0.25) is 0 Å². The van der Waals surface area contributed by atoms with Gasteiger partial charge in [-0.1, -0.05) is 67.6 Å². The number of hydrogen-bond donors (Lipinski definition) is 0. The Labute approximate surface area is 148 Å². The van der Waals surface area contributed by atoms with Crippen molar-refractivity contribution in [2.45, 2.75) is 39.0 Å². The Morgan fingerprint density at radius 3 is 1.58 bits per heavy atom. The zero-order chi connectivity index (χ0) is 16.9. The highest BCUT2D eigenvalue weighted by molar-refractivity contribution is 7.47. The first-order chi connectivity index (χ1) is 11.9. The molecule has 2 nitrogen and oxygen atoms in total. The Hall–Kier alpha value is -1.21. The first kappa shape index (κ1) is 19.1. The van der Waals surface area contributed by atoms with Crippen LogP contribution < -0.4 is 0 Å². The molecule has 0 aliphatic carbocycles. The molecule has 0 aliphatic heterocycles. The molecule has 0 saturated carbocycles. The van der Waals surface area contributed by atoms with Crippen molar-refractivity contribution < 1.29 is 9.05 Å². The molecule has 0 N–H and O–H groups in total. The summed E-state index contributed by atoms with van der Waals surface area (Å²) in [5, 5.41) is 0. The van der Waals surface area contributed by atoms with Crippen molar-refractivity contribution in [2.75, 3.05) is 19.4 Å². The summed E-state index contributed by atoms with van der Waals surface area (Å²) in [7, 11) is -0.722. The molecule has 2 aromatic rings. The smallest absolute Gasteiger partial charge is 0.170 e. The van der Waals surface area contributed by atoms with Crippen LogP contribution in [0.3, 0.4) is 0 Å². The monoisotopic (exact) mass is 344 g/mol. The quantitative estimate of drug-likeness (QED) is 0.347. The van der Waals surface area contributed by atoms with Crippen molar-refractivity contribution in [2.24, 2.45) is 0 Å². The normalized spacial score (nSPS) is 11.1. The topological polar surface area (TPSA) is 18.5 Å². The van der Waals surface area contributed by atoms with Gasteiger partial charge < -0.3 is 9.05 Å². The Morgan fingerprint density at radius 1 is 0.708 bits per heavy atom. The van der Waals surface area contributed by atoms with Gasteiger partial charge in [-0.15, -0.1) is 0 Å². The molecule has 0 bridgehead atoms. The lowest BCUT2D eigenvalue weighted by Gasteiger charge is -2.17. The maximum absolute atomic E-state index is 6.00. The van der Waals surface area contributed by atoms with Crippen LogP contribution in [0.25, 0.3) is 0 Å². The van der Waals surface area contributed by atoms with Gasteiger partial charge in [0.05, 0.1) is 13.2 Å². The van der Waals surface area contributed by atoms with Crippen molar-refractivity contribution >= 4 is 8.38 Å². The van der Waals surface area contributed by atoms with Gasteiger partial charge in [-0.3, -0.25) is 0 Å². The summed E-state index contributed by atoms with van der Waals surface area (Å²) in [5.74, 6) is 0. The van der Waals surface area contributed by atoms with Gasteiger partial charge >= 0.3 is 0 Å². The minimum absolute atomic E-state index is 0.722. The Morgan fingerprint density at radius 2 is 1.17 bits per heavy atom. The van der Waals surface area contributed by atoms with E-state index in [1.165, 1.54) is 11.1 Å². The third-order valence-electron chi connectivity index (χ3n) is 3.78. The Bertz CT molecular complexity index is 483. The van der Waals surface area contributed by atoms with Crippen LogP contribution in [0.1, 0.15) is 37.3 Å². The van der Waals surface area contributed by atoms with Gasteiger partial charge in [-0.05, 0) is 43.2 Å². The van der Waals surface area contributed by atoms with E-state index in [0.29, 0.717) is 0 Å². The average molecular weight is 344 g/mol. The van der Waals surface area contributed by atoms with Crippen LogP contribution in [0.2, 0.25) is 0 Å². The van der Waals surface area contributed by atoms with E-state index in [1.807, 2.05) is 0 Å². The predicted molar refractivity (Wildman–Crippen MR) is 104 cm³/mol. The van der Waals surface area contributed by atoms with Gasteiger partial charge in [0, 0.05) is 6.16 Å². The van der Waals surface area contributed by atoms with E-state index in [4.69, 9.17) is 9.05 Å². The molecule has 0 spiro atoms. The summed E-state index contributed by atoms with van der Waals surface area (Å²) in [4.78, 5) is 0. The lowest BCUT2D eigenvalue weighted by atomic mass is 10.1. The maximum Gasteiger partial charge on any atom is 0.170 e. The highest BCUT2D eigenvalue weighted by Crippen LogP contribution is 2.39. The van der Waals surface area contributed by atoms with E-state index in [-0.39, 0.29) is 0 Å². The number of benzene rings is 2. The molecule has 3 heteroatoms. The highest BCUT2D eigenvalue weighted by Gasteiger charge is 2.09. The van der Waals surface area contributed by atoms with Crippen LogP contribution in [-0.4, -0.2) is 19.4 Å². The van der Waals surface area contributed by atoms with Crippen LogP contribution in [-0.2, 0) is 21.9 Å². The van der Waals surface area contributed by atoms with E-state index in [9.17, 15) is 0 Å². The second kappa shape index (κ2) is 12.2. The van der Waals surface area contributed by atoms with Crippen LogP contribution in [0, 0.1) is 0 Å². The summed E-state index contributed by atoms with van der Waals surface area (Å²) in [6, 6.07) is 21.2. The van der Waals surface area contributed by atoms with Gasteiger partial charge in [0.1, 0.15) is 0 Å². The lowest BCUT2D eigenvalue weighted by Crippen LogP contribution is -2.00. The molecule has 2 aromatic carbocycles. The summed E-state index contributed by atoms with van der Waals surface area (Å²) >= 11 is 0. The molecule has 0 atom stereocenters. The van der Waals surface area contributed by atoms with E-state index in [2.05, 4.69) is 67.6 Å².